The molecule has 1 aromatic heterocycles. The molecule has 0 bridgehead atoms. The molecule has 0 amide bonds. The number of allylic oxidation sites excluding steroid dienone is 4. The number of nitrogens with one attached hydrogen (secondary N) is 1. The van der Waals surface area contributed by atoms with Crippen LogP contribution < -0.4 is 0 Å². The molecule has 0 fully saturated rings. The molecule has 0 saturated carbocycles. The number of halogens is 4. The summed E-state index contributed by atoms with van der Waals surface area (Å²) in [5, 5.41) is 15.5. The first kappa shape index (κ1) is 22.1. The number of nitrogens with zero attached hydrogens (tertiary/aromatic N) is 5. The van der Waals surface area contributed by atoms with Gasteiger partial charge in [-0.15, -0.1) is 10.2 Å². The molecule has 1 aliphatic heterocycles. The summed E-state index contributed by atoms with van der Waals surface area (Å²) in [6.45, 7) is 4.68. The van der Waals surface area contributed by atoms with Crippen LogP contribution in [0.4, 0.5) is 8.78 Å². The van der Waals surface area contributed by atoms with E-state index in [9.17, 15) is 17.2 Å². The lowest BCUT2D eigenvalue weighted by molar-refractivity contribution is 0.0316. The van der Waals surface area contributed by atoms with Crippen molar-refractivity contribution in [1.82, 2.24) is 25.0 Å². The van der Waals surface area contributed by atoms with Gasteiger partial charge in [0.1, 0.15) is 4.90 Å². The molecule has 0 atom stereocenters. The maximum Gasteiger partial charge on any atom is 0.335 e. The molecule has 13 heteroatoms. The maximum absolute atomic E-state index is 14.8. The molecular weight excluding hydrogens is 461 g/mol. The maximum atomic E-state index is 14.8. The van der Waals surface area contributed by atoms with Crippen LogP contribution in [0.5, 0.6) is 0 Å². The van der Waals surface area contributed by atoms with Crippen molar-refractivity contribution in [2.75, 3.05) is 6.54 Å². The Labute approximate surface area is 180 Å². The smallest absolute Gasteiger partial charge is 0.199 e. The number of H-pyrrole nitrogens is 1. The molecule has 0 saturated heterocycles. The average Bonchev–Trinajstić information content (AvgIpc) is 3.22. The van der Waals surface area contributed by atoms with Crippen molar-refractivity contribution in [3.63, 3.8) is 0 Å². The van der Waals surface area contributed by atoms with Crippen LogP contribution in [0.3, 0.4) is 0 Å². The lowest BCUT2D eigenvalue weighted by Gasteiger charge is -2.21. The van der Waals surface area contributed by atoms with Crippen LogP contribution in [0.1, 0.15) is 12.7 Å². The largest absolute Gasteiger partial charge is 0.335 e. The number of rotatable bonds is 4. The van der Waals surface area contributed by atoms with Gasteiger partial charge in [0, 0.05) is 5.57 Å². The number of hydrogen-bond donors (Lipinski definition) is 1. The van der Waals surface area contributed by atoms with Gasteiger partial charge in [-0.2, -0.15) is 31.9 Å². The van der Waals surface area contributed by atoms with E-state index in [2.05, 4.69) is 27.1 Å². The Morgan fingerprint density at radius 3 is 2.50 bits per heavy atom. The molecule has 0 unspecified atom stereocenters. The Kier molecular flexibility index (Phi) is 6.06. The average molecular weight is 475 g/mol. The van der Waals surface area contributed by atoms with Gasteiger partial charge in [-0.1, -0.05) is 54.1 Å². The molecule has 8 nitrogen and oxygen atoms in total. The minimum Gasteiger partial charge on any atom is -0.199 e. The lowest BCUT2D eigenvalue weighted by atomic mass is 10.1. The van der Waals surface area contributed by atoms with E-state index < -0.39 is 33.9 Å². The summed E-state index contributed by atoms with van der Waals surface area (Å²) in [6, 6.07) is 4.17. The molecular formula is C17H14Cl2F2N6O2S. The topological polar surface area (TPSA) is 104 Å². The highest BCUT2D eigenvalue weighted by Gasteiger charge is 2.40. The van der Waals surface area contributed by atoms with Crippen LogP contribution in [-0.2, 0) is 15.9 Å². The zero-order valence-corrected chi connectivity index (χ0v) is 17.7. The van der Waals surface area contributed by atoms with Crippen LogP contribution in [0.15, 0.2) is 64.1 Å². The van der Waals surface area contributed by atoms with E-state index in [1.165, 1.54) is 31.2 Å². The summed E-state index contributed by atoms with van der Waals surface area (Å²) in [7, 11) is -4.38. The molecule has 30 heavy (non-hydrogen) atoms. The molecule has 0 spiro atoms. The van der Waals surface area contributed by atoms with Gasteiger partial charge in [-0.05, 0) is 29.8 Å². The molecule has 158 valence electrons. The normalized spacial score (nSPS) is 18.7. The molecule has 0 aliphatic carbocycles. The first-order chi connectivity index (χ1) is 14.0. The number of sulfonamides is 1. The van der Waals surface area contributed by atoms with Crippen molar-refractivity contribution in [3.8, 4) is 0 Å². The molecule has 2 aromatic rings. The summed E-state index contributed by atoms with van der Waals surface area (Å²) < 4.78 is 56.7. The Hall–Kier alpha value is -2.63. The van der Waals surface area contributed by atoms with Crippen LogP contribution >= 0.6 is 23.2 Å². The monoisotopic (exact) mass is 474 g/mol. The Bertz CT molecular complexity index is 1160. The summed E-state index contributed by atoms with van der Waals surface area (Å²) >= 11 is 12.1. The number of aromatic nitrogens is 4. The minimum absolute atomic E-state index is 0.131. The highest BCUT2D eigenvalue weighted by atomic mass is 35.5. The zero-order valence-electron chi connectivity index (χ0n) is 15.4. The van der Waals surface area contributed by atoms with Crippen molar-refractivity contribution in [3.05, 3.63) is 70.0 Å². The van der Waals surface area contributed by atoms with Gasteiger partial charge in [0.05, 0.1) is 22.3 Å². The number of tetrazole rings is 1. The van der Waals surface area contributed by atoms with E-state index in [0.29, 0.717) is 4.41 Å². The Morgan fingerprint density at radius 1 is 1.23 bits per heavy atom. The second kappa shape index (κ2) is 8.25. The van der Waals surface area contributed by atoms with E-state index in [1.54, 1.807) is 0 Å². The van der Waals surface area contributed by atoms with Gasteiger partial charge >= 0.3 is 5.92 Å². The Morgan fingerprint density at radius 2 is 1.90 bits per heavy atom. The molecule has 2 heterocycles. The number of hydrazone groups is 1. The molecule has 0 radical (unpaired) electrons. The second-order valence-corrected chi connectivity index (χ2v) is 8.67. The number of hydrogen-bond acceptors (Lipinski definition) is 6. The van der Waals surface area contributed by atoms with Crippen molar-refractivity contribution in [2.24, 2.45) is 5.10 Å². The highest BCUT2D eigenvalue weighted by molar-refractivity contribution is 7.89. The van der Waals surface area contributed by atoms with Gasteiger partial charge in [-0.3, -0.25) is 0 Å². The van der Waals surface area contributed by atoms with E-state index in [1.807, 2.05) is 5.21 Å². The van der Waals surface area contributed by atoms with Gasteiger partial charge in [0.15, 0.2) is 0 Å². The first-order valence-corrected chi connectivity index (χ1v) is 10.5. The van der Waals surface area contributed by atoms with E-state index in [0.717, 1.165) is 12.2 Å². The molecule has 1 aliphatic rings. The SMILES string of the molecule is C=C1/C=C\C(C(F)(F)c2nn[nH]n2)=C/CN(S(=O)(=O)c2c(Cl)cccc2Cl)N=C1C. The van der Waals surface area contributed by atoms with E-state index in [4.69, 9.17) is 23.2 Å². The summed E-state index contributed by atoms with van der Waals surface area (Å²) in [6.07, 6.45) is 3.37. The first-order valence-electron chi connectivity index (χ1n) is 8.27. The summed E-state index contributed by atoms with van der Waals surface area (Å²) in [5.74, 6) is -4.52. The quantitative estimate of drug-likeness (QED) is 0.726. The fourth-order valence-electron chi connectivity index (χ4n) is 2.47. The lowest BCUT2D eigenvalue weighted by Crippen LogP contribution is -2.29. The fourth-order valence-corrected chi connectivity index (χ4v) is 4.79. The number of aromatic amines is 1. The van der Waals surface area contributed by atoms with Crippen LogP contribution in [0.25, 0.3) is 0 Å². The number of benzene rings is 1. The van der Waals surface area contributed by atoms with E-state index >= 15 is 0 Å². The van der Waals surface area contributed by atoms with E-state index in [-0.39, 0.29) is 26.2 Å². The predicted octanol–water partition coefficient (Wildman–Crippen LogP) is 3.72. The van der Waals surface area contributed by atoms with Gasteiger partial charge in [0.25, 0.3) is 10.0 Å². The second-order valence-electron chi connectivity index (χ2n) is 6.07. The molecule has 3 rings (SSSR count). The van der Waals surface area contributed by atoms with Crippen molar-refractivity contribution in [1.29, 1.82) is 0 Å². The van der Waals surface area contributed by atoms with Crippen molar-refractivity contribution >= 4 is 38.9 Å². The molecule has 1 N–H and O–H groups in total. The molecule has 1 aromatic carbocycles. The van der Waals surface area contributed by atoms with Crippen molar-refractivity contribution < 1.29 is 17.2 Å². The standard InChI is InChI=1S/C17H14Cl2F2N6O2S/c1-10-6-7-12(17(20,21)16-22-25-26-23-16)8-9-27(24-11(10)2)30(28,29)15-13(18)4-3-5-14(15)19/h3-8H,1,9H2,2H3,(H,22,23,25,26)/b7-6-,12-8+,24-11?. The van der Waals surface area contributed by atoms with Crippen LogP contribution in [0, 0.1) is 0 Å². The zero-order chi connectivity index (χ0) is 22.1. The van der Waals surface area contributed by atoms with Gasteiger partial charge in [0.2, 0.25) is 5.82 Å². The summed E-state index contributed by atoms with van der Waals surface area (Å²) in [5.41, 5.74) is -0.159. The fraction of sp³-hybridized carbons (Fsp3) is 0.176. The van der Waals surface area contributed by atoms with Crippen LogP contribution in [0.2, 0.25) is 10.0 Å². The highest BCUT2D eigenvalue weighted by Crippen LogP contribution is 2.36. The summed E-state index contributed by atoms with van der Waals surface area (Å²) in [4.78, 5) is -0.387. The predicted molar refractivity (Wildman–Crippen MR) is 108 cm³/mol. The minimum atomic E-state index is -4.38. The number of alkyl halides is 2. The third-order valence-electron chi connectivity index (χ3n) is 4.10. The van der Waals surface area contributed by atoms with Gasteiger partial charge in [-0.25, -0.2) is 0 Å². The third-order valence-corrected chi connectivity index (χ3v) is 6.70. The third kappa shape index (κ3) is 4.13. The van der Waals surface area contributed by atoms with Crippen LogP contribution in [-0.4, -0.2) is 45.7 Å². The van der Waals surface area contributed by atoms with Gasteiger partial charge < -0.3 is 0 Å². The van der Waals surface area contributed by atoms with Crippen molar-refractivity contribution in [2.45, 2.75) is 17.7 Å². The Balaban J connectivity index is 2.12.